The molecular formula is C10H9BrClFO2. The van der Waals surface area contributed by atoms with Crippen molar-refractivity contribution in [3.05, 3.63) is 34.1 Å². The molecule has 0 N–H and O–H groups in total. The van der Waals surface area contributed by atoms with Crippen molar-refractivity contribution in [2.75, 3.05) is 7.11 Å². The zero-order valence-corrected chi connectivity index (χ0v) is 10.5. The van der Waals surface area contributed by atoms with Crippen LogP contribution >= 0.6 is 27.5 Å². The van der Waals surface area contributed by atoms with Crippen LogP contribution < -0.4 is 0 Å². The minimum atomic E-state index is -0.710. The molecule has 0 aliphatic heterocycles. The fraction of sp³-hybridized carbons (Fsp3) is 0.300. The maximum absolute atomic E-state index is 13.8. The third-order valence-corrected chi connectivity index (χ3v) is 2.72. The molecule has 2 nitrogen and oxygen atoms in total. The molecule has 0 saturated heterocycles. The SMILES string of the molecule is COC(=O)c1ccc(Cl)c(C(C)Br)c1F. The first-order chi connectivity index (χ1) is 6.99. The van der Waals surface area contributed by atoms with Crippen LogP contribution in [0, 0.1) is 5.82 Å². The lowest BCUT2D eigenvalue weighted by Crippen LogP contribution is -2.07. The first-order valence-electron chi connectivity index (χ1n) is 4.19. The first kappa shape index (κ1) is 12.5. The standard InChI is InChI=1S/C10H9BrClFO2/c1-5(11)8-7(12)4-3-6(9(8)13)10(14)15-2/h3-5H,1-2H3. The number of hydrogen-bond acceptors (Lipinski definition) is 2. The van der Waals surface area contributed by atoms with Crippen molar-refractivity contribution < 1.29 is 13.9 Å². The highest BCUT2D eigenvalue weighted by Gasteiger charge is 2.20. The van der Waals surface area contributed by atoms with Gasteiger partial charge in [-0.25, -0.2) is 9.18 Å². The molecule has 0 bridgehead atoms. The molecule has 1 rings (SSSR count). The van der Waals surface area contributed by atoms with Crippen molar-refractivity contribution in [1.29, 1.82) is 0 Å². The fourth-order valence-electron chi connectivity index (χ4n) is 1.20. The lowest BCUT2D eigenvalue weighted by molar-refractivity contribution is 0.0595. The zero-order chi connectivity index (χ0) is 11.6. The summed E-state index contributed by atoms with van der Waals surface area (Å²) in [5.74, 6) is -1.35. The van der Waals surface area contributed by atoms with E-state index in [0.29, 0.717) is 0 Å². The van der Waals surface area contributed by atoms with E-state index in [1.165, 1.54) is 19.2 Å². The molecule has 0 heterocycles. The van der Waals surface area contributed by atoms with Gasteiger partial charge in [0.25, 0.3) is 0 Å². The molecule has 0 fully saturated rings. The molecule has 1 unspecified atom stereocenters. The normalized spacial score (nSPS) is 12.3. The lowest BCUT2D eigenvalue weighted by Gasteiger charge is -2.10. The number of alkyl halides is 1. The van der Waals surface area contributed by atoms with Gasteiger partial charge in [0.05, 0.1) is 12.7 Å². The van der Waals surface area contributed by atoms with Gasteiger partial charge in [0.15, 0.2) is 0 Å². The number of methoxy groups -OCH3 is 1. The number of carbonyl (C=O) groups excluding carboxylic acids is 1. The molecule has 82 valence electrons. The molecule has 0 spiro atoms. The van der Waals surface area contributed by atoms with Crippen LogP contribution in [0.3, 0.4) is 0 Å². The highest BCUT2D eigenvalue weighted by Crippen LogP contribution is 2.32. The highest BCUT2D eigenvalue weighted by molar-refractivity contribution is 9.09. The summed E-state index contributed by atoms with van der Waals surface area (Å²) in [6.45, 7) is 1.73. The van der Waals surface area contributed by atoms with E-state index in [1.54, 1.807) is 6.92 Å². The molecule has 0 aliphatic rings. The fourth-order valence-corrected chi connectivity index (χ4v) is 2.09. The van der Waals surface area contributed by atoms with Crippen LogP contribution in [0.15, 0.2) is 12.1 Å². The van der Waals surface area contributed by atoms with E-state index >= 15 is 0 Å². The summed E-state index contributed by atoms with van der Waals surface area (Å²) in [7, 11) is 1.20. The van der Waals surface area contributed by atoms with Gasteiger partial charge in [0, 0.05) is 15.4 Å². The molecule has 0 aromatic heterocycles. The average Bonchev–Trinajstić information content (AvgIpc) is 2.16. The maximum atomic E-state index is 13.8. The summed E-state index contributed by atoms with van der Waals surface area (Å²) in [6.07, 6.45) is 0. The summed E-state index contributed by atoms with van der Waals surface area (Å²) in [4.78, 5) is 10.9. The number of hydrogen-bond donors (Lipinski definition) is 0. The monoisotopic (exact) mass is 294 g/mol. The number of benzene rings is 1. The van der Waals surface area contributed by atoms with Gasteiger partial charge >= 0.3 is 5.97 Å². The van der Waals surface area contributed by atoms with E-state index in [2.05, 4.69) is 20.7 Å². The number of esters is 1. The topological polar surface area (TPSA) is 26.3 Å². The number of carbonyl (C=O) groups is 1. The van der Waals surface area contributed by atoms with Crippen molar-refractivity contribution in [3.63, 3.8) is 0 Å². The molecular weight excluding hydrogens is 286 g/mol. The Morgan fingerprint density at radius 2 is 2.20 bits per heavy atom. The number of ether oxygens (including phenoxy) is 1. The van der Waals surface area contributed by atoms with Gasteiger partial charge in [-0.15, -0.1) is 0 Å². The molecule has 0 radical (unpaired) electrons. The van der Waals surface area contributed by atoms with E-state index in [9.17, 15) is 9.18 Å². The van der Waals surface area contributed by atoms with E-state index in [-0.39, 0.29) is 21.0 Å². The van der Waals surface area contributed by atoms with Gasteiger partial charge in [-0.1, -0.05) is 27.5 Å². The Kier molecular flexibility index (Phi) is 4.11. The van der Waals surface area contributed by atoms with Gasteiger partial charge in [-0.05, 0) is 19.1 Å². The third kappa shape index (κ3) is 2.49. The Morgan fingerprint density at radius 3 is 2.67 bits per heavy atom. The summed E-state index contributed by atoms with van der Waals surface area (Å²) in [5, 5.41) is 0.282. The largest absolute Gasteiger partial charge is 0.465 e. The minimum Gasteiger partial charge on any atom is -0.465 e. The molecule has 15 heavy (non-hydrogen) atoms. The molecule has 1 aromatic rings. The third-order valence-electron chi connectivity index (χ3n) is 1.93. The van der Waals surface area contributed by atoms with Gasteiger partial charge in [-0.2, -0.15) is 0 Å². The maximum Gasteiger partial charge on any atom is 0.340 e. The van der Waals surface area contributed by atoms with E-state index in [4.69, 9.17) is 11.6 Å². The van der Waals surface area contributed by atoms with E-state index < -0.39 is 11.8 Å². The predicted molar refractivity (Wildman–Crippen MR) is 60.1 cm³/mol. The molecule has 0 saturated carbocycles. The van der Waals surface area contributed by atoms with Crippen LogP contribution in [-0.4, -0.2) is 13.1 Å². The van der Waals surface area contributed by atoms with Crippen molar-refractivity contribution in [2.45, 2.75) is 11.8 Å². The lowest BCUT2D eigenvalue weighted by atomic mass is 10.1. The van der Waals surface area contributed by atoms with Gasteiger partial charge in [-0.3, -0.25) is 0 Å². The number of halogens is 3. The van der Waals surface area contributed by atoms with Crippen LogP contribution in [0.25, 0.3) is 0 Å². The van der Waals surface area contributed by atoms with Crippen LogP contribution in [0.4, 0.5) is 4.39 Å². The average molecular weight is 296 g/mol. The Labute approximate surface area is 101 Å². The summed E-state index contributed by atoms with van der Waals surface area (Å²) >= 11 is 9.04. The molecule has 1 aromatic carbocycles. The second kappa shape index (κ2) is 4.94. The van der Waals surface area contributed by atoms with Crippen LogP contribution in [0.2, 0.25) is 5.02 Å². The summed E-state index contributed by atoms with van der Waals surface area (Å²) in [5.41, 5.74) is 0.155. The number of rotatable bonds is 2. The van der Waals surface area contributed by atoms with E-state index in [1.807, 2.05) is 0 Å². The second-order valence-corrected chi connectivity index (χ2v) is 4.71. The zero-order valence-electron chi connectivity index (χ0n) is 8.18. The summed E-state index contributed by atoms with van der Waals surface area (Å²) in [6, 6.07) is 2.78. The molecule has 0 amide bonds. The Bertz CT molecular complexity index is 393. The van der Waals surface area contributed by atoms with Crippen molar-refractivity contribution in [2.24, 2.45) is 0 Å². The van der Waals surface area contributed by atoms with Crippen molar-refractivity contribution in [3.8, 4) is 0 Å². The molecule has 0 aliphatic carbocycles. The second-order valence-electron chi connectivity index (χ2n) is 2.93. The minimum absolute atomic E-state index is 0.108. The Morgan fingerprint density at radius 1 is 1.60 bits per heavy atom. The van der Waals surface area contributed by atoms with Crippen LogP contribution in [-0.2, 0) is 4.74 Å². The predicted octanol–water partition coefficient (Wildman–Crippen LogP) is 3.72. The van der Waals surface area contributed by atoms with Crippen molar-refractivity contribution >= 4 is 33.5 Å². The van der Waals surface area contributed by atoms with Gasteiger partial charge < -0.3 is 4.74 Å². The van der Waals surface area contributed by atoms with Crippen LogP contribution in [0.1, 0.15) is 27.7 Å². The Hall–Kier alpha value is -0.610. The first-order valence-corrected chi connectivity index (χ1v) is 5.48. The van der Waals surface area contributed by atoms with Crippen LogP contribution in [0.5, 0.6) is 0 Å². The van der Waals surface area contributed by atoms with Gasteiger partial charge in [0.2, 0.25) is 0 Å². The summed E-state index contributed by atoms with van der Waals surface area (Å²) < 4.78 is 18.3. The highest BCUT2D eigenvalue weighted by atomic mass is 79.9. The quantitative estimate of drug-likeness (QED) is 0.614. The molecule has 5 heteroatoms. The Balaban J connectivity index is 3.35. The molecule has 1 atom stereocenters. The van der Waals surface area contributed by atoms with Crippen molar-refractivity contribution in [1.82, 2.24) is 0 Å². The van der Waals surface area contributed by atoms with Gasteiger partial charge in [0.1, 0.15) is 5.82 Å². The smallest absolute Gasteiger partial charge is 0.340 e. The van der Waals surface area contributed by atoms with E-state index in [0.717, 1.165) is 0 Å².